The molecule has 0 aromatic heterocycles. The van der Waals surface area contributed by atoms with E-state index in [0.717, 1.165) is 49.8 Å². The molecule has 2 aliphatic carbocycles. The van der Waals surface area contributed by atoms with Crippen LogP contribution in [-0.2, 0) is 19.9 Å². The third-order valence-corrected chi connectivity index (χ3v) is 7.40. The lowest BCUT2D eigenvalue weighted by atomic mass is 9.32. The summed E-state index contributed by atoms with van der Waals surface area (Å²) in [6, 6.07) is 7.70. The number of carbonyl (C=O) groups is 2. The number of ether oxygens (including phenoxy) is 2. The second-order valence-corrected chi connectivity index (χ2v) is 8.47. The largest absolute Gasteiger partial charge is 0.449 e. The van der Waals surface area contributed by atoms with Gasteiger partial charge in [0, 0.05) is 11.5 Å². The van der Waals surface area contributed by atoms with E-state index in [9.17, 15) is 9.59 Å². The number of hydrogen-bond donors (Lipinski definition) is 0. The van der Waals surface area contributed by atoms with Crippen LogP contribution in [0.1, 0.15) is 68.3 Å². The summed E-state index contributed by atoms with van der Waals surface area (Å²) < 4.78 is 12.3. The Kier molecular flexibility index (Phi) is 3.68. The zero-order valence-electron chi connectivity index (χ0n) is 16.5. The zero-order chi connectivity index (χ0) is 19.6. The van der Waals surface area contributed by atoms with E-state index in [0.29, 0.717) is 5.56 Å². The van der Waals surface area contributed by atoms with Crippen molar-refractivity contribution in [2.45, 2.75) is 58.0 Å². The van der Waals surface area contributed by atoms with Gasteiger partial charge in [-0.05, 0) is 37.8 Å². The van der Waals surface area contributed by atoms with Gasteiger partial charge in [0.15, 0.2) is 5.60 Å². The average Bonchev–Trinajstić information content (AvgIpc) is 3.15. The average molecular weight is 378 g/mol. The van der Waals surface area contributed by atoms with Gasteiger partial charge >= 0.3 is 11.9 Å². The Balaban J connectivity index is 1.82. The predicted molar refractivity (Wildman–Crippen MR) is 104 cm³/mol. The standard InChI is InChI=1S/C24H26O4/c1-3-5-13-19-23-15-9-8-14-22(23,21(26)27-19)18(10-4-2)24(23)17-12-7-6-11-16(17)20(25)28-24/h6-8,11-14,18H,3-5,9-10,15H2,1-2H3/t18-,22+,23-,24-/m0/s1. The number of carbonyl (C=O) groups excluding carboxylic acids is 2. The van der Waals surface area contributed by atoms with Crippen molar-refractivity contribution < 1.29 is 19.1 Å². The minimum absolute atomic E-state index is 0.103. The highest BCUT2D eigenvalue weighted by molar-refractivity contribution is 5.98. The van der Waals surface area contributed by atoms with Gasteiger partial charge in [0.2, 0.25) is 0 Å². The Morgan fingerprint density at radius 2 is 2.00 bits per heavy atom. The van der Waals surface area contributed by atoms with E-state index in [1.54, 1.807) is 0 Å². The summed E-state index contributed by atoms with van der Waals surface area (Å²) in [5.74, 6) is 0.175. The Labute approximate surface area is 165 Å². The van der Waals surface area contributed by atoms with Crippen molar-refractivity contribution in [3.05, 3.63) is 59.4 Å². The fourth-order valence-electron chi connectivity index (χ4n) is 6.56. The maximum absolute atomic E-state index is 13.3. The van der Waals surface area contributed by atoms with Gasteiger partial charge in [-0.1, -0.05) is 57.0 Å². The number of rotatable bonds is 4. The fourth-order valence-corrected chi connectivity index (χ4v) is 6.56. The summed E-state index contributed by atoms with van der Waals surface area (Å²) in [5.41, 5.74) is -0.588. The molecule has 1 saturated heterocycles. The van der Waals surface area contributed by atoms with Gasteiger partial charge in [-0.2, -0.15) is 0 Å². The number of esters is 2. The molecule has 28 heavy (non-hydrogen) atoms. The van der Waals surface area contributed by atoms with Gasteiger partial charge in [-0.3, -0.25) is 4.79 Å². The summed E-state index contributed by atoms with van der Waals surface area (Å²) in [4.78, 5) is 26.2. The predicted octanol–water partition coefficient (Wildman–Crippen LogP) is 5.05. The zero-order valence-corrected chi connectivity index (χ0v) is 16.5. The summed E-state index contributed by atoms with van der Waals surface area (Å²) in [7, 11) is 0. The molecule has 5 rings (SSSR count). The minimum Gasteiger partial charge on any atom is -0.449 e. The molecule has 146 valence electrons. The molecule has 2 aliphatic heterocycles. The van der Waals surface area contributed by atoms with E-state index in [4.69, 9.17) is 9.47 Å². The fraction of sp³-hybridized carbons (Fsp3) is 0.500. The first-order valence-electron chi connectivity index (χ1n) is 10.5. The first kappa shape index (κ1) is 17.7. The van der Waals surface area contributed by atoms with Gasteiger partial charge in [-0.25, -0.2) is 4.79 Å². The molecule has 1 aromatic rings. The normalized spacial score (nSPS) is 38.6. The molecule has 4 nitrogen and oxygen atoms in total. The first-order chi connectivity index (χ1) is 13.6. The van der Waals surface area contributed by atoms with Crippen LogP contribution < -0.4 is 0 Å². The second kappa shape index (κ2) is 5.82. The molecule has 2 fully saturated rings. The number of hydrogen-bond acceptors (Lipinski definition) is 4. The SMILES string of the molecule is CCCC=C1OC(=O)[C@]23C=CCC[C@]12[C@@]1(OC(=O)c2ccccc21)[C@H]3CCC. The number of benzene rings is 1. The third kappa shape index (κ3) is 1.65. The maximum atomic E-state index is 13.3. The van der Waals surface area contributed by atoms with E-state index in [1.165, 1.54) is 0 Å². The van der Waals surface area contributed by atoms with Gasteiger partial charge in [-0.15, -0.1) is 0 Å². The van der Waals surface area contributed by atoms with E-state index >= 15 is 0 Å². The van der Waals surface area contributed by atoms with Gasteiger partial charge in [0.25, 0.3) is 0 Å². The summed E-state index contributed by atoms with van der Waals surface area (Å²) in [6.07, 6.45) is 11.4. The highest BCUT2D eigenvalue weighted by Gasteiger charge is 2.90. The second-order valence-electron chi connectivity index (χ2n) is 8.47. The lowest BCUT2D eigenvalue weighted by molar-refractivity contribution is -0.270. The van der Waals surface area contributed by atoms with E-state index in [2.05, 4.69) is 32.1 Å². The van der Waals surface area contributed by atoms with Gasteiger partial charge in [0.1, 0.15) is 11.2 Å². The van der Waals surface area contributed by atoms with Crippen molar-refractivity contribution in [2.75, 3.05) is 0 Å². The Morgan fingerprint density at radius 1 is 1.18 bits per heavy atom. The van der Waals surface area contributed by atoms with E-state index in [1.807, 2.05) is 24.3 Å². The molecule has 4 heteroatoms. The van der Waals surface area contributed by atoms with Crippen molar-refractivity contribution >= 4 is 11.9 Å². The highest BCUT2D eigenvalue weighted by atomic mass is 16.6. The van der Waals surface area contributed by atoms with Crippen LogP contribution in [0.5, 0.6) is 0 Å². The molecular weight excluding hydrogens is 352 g/mol. The Morgan fingerprint density at radius 3 is 2.79 bits per heavy atom. The van der Waals surface area contributed by atoms with Crippen LogP contribution >= 0.6 is 0 Å². The molecule has 0 bridgehead atoms. The van der Waals surface area contributed by atoms with Crippen LogP contribution in [0.4, 0.5) is 0 Å². The molecule has 0 amide bonds. The van der Waals surface area contributed by atoms with Crippen molar-refractivity contribution in [1.29, 1.82) is 0 Å². The highest BCUT2D eigenvalue weighted by Crippen LogP contribution is 2.83. The lowest BCUT2D eigenvalue weighted by Gasteiger charge is -2.68. The quantitative estimate of drug-likeness (QED) is 0.544. The van der Waals surface area contributed by atoms with Crippen LogP contribution in [-0.4, -0.2) is 11.9 Å². The maximum Gasteiger partial charge on any atom is 0.339 e. The molecule has 1 aromatic carbocycles. The van der Waals surface area contributed by atoms with Crippen molar-refractivity contribution in [2.24, 2.45) is 16.7 Å². The monoisotopic (exact) mass is 378 g/mol. The van der Waals surface area contributed by atoms with Crippen molar-refractivity contribution in [3.8, 4) is 0 Å². The van der Waals surface area contributed by atoms with Crippen molar-refractivity contribution in [1.82, 2.24) is 0 Å². The van der Waals surface area contributed by atoms with E-state index < -0.39 is 16.4 Å². The van der Waals surface area contributed by atoms with Crippen LogP contribution in [0.2, 0.25) is 0 Å². The Bertz CT molecular complexity index is 928. The smallest absolute Gasteiger partial charge is 0.339 e. The molecule has 0 unspecified atom stereocenters. The molecule has 1 spiro atoms. The first-order valence-corrected chi connectivity index (χ1v) is 10.5. The van der Waals surface area contributed by atoms with Gasteiger partial charge in [0.05, 0.1) is 11.0 Å². The molecule has 2 heterocycles. The molecule has 0 radical (unpaired) electrons. The molecular formula is C24H26O4. The topological polar surface area (TPSA) is 52.6 Å². The summed E-state index contributed by atoms with van der Waals surface area (Å²) in [6.45, 7) is 4.23. The van der Waals surface area contributed by atoms with Crippen LogP contribution in [0.3, 0.4) is 0 Å². The number of allylic oxidation sites excluding steroid dienone is 2. The molecule has 4 aliphatic rings. The minimum atomic E-state index is -0.812. The summed E-state index contributed by atoms with van der Waals surface area (Å²) in [5, 5.41) is 0. The molecule has 4 atom stereocenters. The van der Waals surface area contributed by atoms with E-state index in [-0.39, 0.29) is 17.9 Å². The number of fused-ring (bicyclic) bond motifs is 2. The number of unbranched alkanes of at least 4 members (excludes halogenated alkanes) is 1. The van der Waals surface area contributed by atoms with Crippen LogP contribution in [0.25, 0.3) is 0 Å². The molecule has 0 N–H and O–H groups in total. The molecule has 1 saturated carbocycles. The lowest BCUT2D eigenvalue weighted by Crippen LogP contribution is -2.75. The summed E-state index contributed by atoms with van der Waals surface area (Å²) >= 11 is 0. The third-order valence-electron chi connectivity index (χ3n) is 7.40. The van der Waals surface area contributed by atoms with Crippen LogP contribution in [0, 0.1) is 16.7 Å². The Hall–Kier alpha value is -2.36. The van der Waals surface area contributed by atoms with Gasteiger partial charge < -0.3 is 9.47 Å². The number of cyclic esters (lactones) is 1. The van der Waals surface area contributed by atoms with Crippen molar-refractivity contribution in [3.63, 3.8) is 0 Å². The van der Waals surface area contributed by atoms with Crippen LogP contribution in [0.15, 0.2) is 48.3 Å².